The van der Waals surface area contributed by atoms with Gasteiger partial charge < -0.3 is 25.0 Å². The normalized spacial score (nSPS) is 19.4. The van der Waals surface area contributed by atoms with E-state index in [-0.39, 0.29) is 36.2 Å². The number of esters is 1. The van der Waals surface area contributed by atoms with Crippen LogP contribution in [0, 0.1) is 11.8 Å². The second-order valence-corrected chi connectivity index (χ2v) is 10.0. The Balaban J connectivity index is 1.53. The SMILES string of the molecule is CCOC(=O)C[C@@H](CCc1cccc(OC)c1)NC(=O)[C@@H]1CCCN(C(=O)CCC2CCNCC2)C1. The Labute approximate surface area is 215 Å². The average Bonchev–Trinajstić information content (AvgIpc) is 2.91. The number of hydrogen-bond acceptors (Lipinski definition) is 6. The van der Waals surface area contributed by atoms with E-state index in [0.29, 0.717) is 38.3 Å². The number of carbonyl (C=O) groups is 3. The number of carbonyl (C=O) groups excluding carboxylic acids is 3. The highest BCUT2D eigenvalue weighted by Gasteiger charge is 2.30. The number of benzene rings is 1. The van der Waals surface area contributed by atoms with Gasteiger partial charge in [-0.1, -0.05) is 12.1 Å². The number of nitrogens with zero attached hydrogens (tertiary/aromatic N) is 1. The lowest BCUT2D eigenvalue weighted by Gasteiger charge is -2.33. The summed E-state index contributed by atoms with van der Waals surface area (Å²) < 4.78 is 10.5. The lowest BCUT2D eigenvalue weighted by atomic mass is 9.92. The Kier molecular flexibility index (Phi) is 11.5. The van der Waals surface area contributed by atoms with Crippen LogP contribution in [0.1, 0.15) is 63.9 Å². The van der Waals surface area contributed by atoms with Gasteiger partial charge in [0.05, 0.1) is 26.1 Å². The maximum Gasteiger partial charge on any atom is 0.307 e. The second-order valence-electron chi connectivity index (χ2n) is 10.0. The molecule has 2 aliphatic rings. The lowest BCUT2D eigenvalue weighted by Crippen LogP contribution is -2.48. The third-order valence-corrected chi connectivity index (χ3v) is 7.35. The predicted octanol–water partition coefficient (Wildman–Crippen LogP) is 3.08. The number of likely N-dealkylation sites (tertiary alicyclic amines) is 1. The van der Waals surface area contributed by atoms with Crippen molar-refractivity contribution in [2.75, 3.05) is 39.9 Å². The maximum atomic E-state index is 13.2. The molecule has 2 heterocycles. The van der Waals surface area contributed by atoms with Gasteiger partial charge in [0.25, 0.3) is 0 Å². The van der Waals surface area contributed by atoms with E-state index in [1.807, 2.05) is 29.2 Å². The van der Waals surface area contributed by atoms with Crippen LogP contribution in [0.25, 0.3) is 0 Å². The van der Waals surface area contributed by atoms with Crippen molar-refractivity contribution in [1.29, 1.82) is 0 Å². The molecule has 2 aliphatic heterocycles. The van der Waals surface area contributed by atoms with Crippen LogP contribution >= 0.6 is 0 Å². The van der Waals surface area contributed by atoms with Gasteiger partial charge in [-0.05, 0) is 88.6 Å². The Morgan fingerprint density at radius 3 is 2.75 bits per heavy atom. The molecule has 0 bridgehead atoms. The molecule has 2 saturated heterocycles. The van der Waals surface area contributed by atoms with E-state index in [1.54, 1.807) is 14.0 Å². The fourth-order valence-electron chi connectivity index (χ4n) is 5.21. The zero-order chi connectivity index (χ0) is 25.8. The summed E-state index contributed by atoms with van der Waals surface area (Å²) >= 11 is 0. The van der Waals surface area contributed by atoms with Gasteiger partial charge in [0.1, 0.15) is 5.75 Å². The van der Waals surface area contributed by atoms with Crippen LogP contribution in [-0.4, -0.2) is 68.6 Å². The van der Waals surface area contributed by atoms with Crippen molar-refractivity contribution in [1.82, 2.24) is 15.5 Å². The number of methoxy groups -OCH3 is 1. The van der Waals surface area contributed by atoms with Gasteiger partial charge in [-0.15, -0.1) is 0 Å². The number of hydrogen-bond donors (Lipinski definition) is 2. The molecule has 2 fully saturated rings. The summed E-state index contributed by atoms with van der Waals surface area (Å²) in [6, 6.07) is 7.49. The highest BCUT2D eigenvalue weighted by molar-refractivity contribution is 5.82. The van der Waals surface area contributed by atoms with Crippen molar-refractivity contribution in [3.05, 3.63) is 29.8 Å². The monoisotopic (exact) mass is 501 g/mol. The third-order valence-electron chi connectivity index (χ3n) is 7.35. The van der Waals surface area contributed by atoms with Crippen LogP contribution in [0.15, 0.2) is 24.3 Å². The van der Waals surface area contributed by atoms with Gasteiger partial charge in [0.15, 0.2) is 0 Å². The first-order valence-electron chi connectivity index (χ1n) is 13.6. The summed E-state index contributed by atoms with van der Waals surface area (Å²) in [5, 5.41) is 6.47. The molecule has 0 aromatic heterocycles. The van der Waals surface area contributed by atoms with Crippen LogP contribution in [0.2, 0.25) is 0 Å². The highest BCUT2D eigenvalue weighted by atomic mass is 16.5. The molecule has 8 nitrogen and oxygen atoms in total. The molecular weight excluding hydrogens is 458 g/mol. The Morgan fingerprint density at radius 1 is 1.19 bits per heavy atom. The molecule has 0 radical (unpaired) electrons. The summed E-state index contributed by atoms with van der Waals surface area (Å²) in [5.41, 5.74) is 1.08. The van der Waals surface area contributed by atoms with Gasteiger partial charge in [0.2, 0.25) is 11.8 Å². The van der Waals surface area contributed by atoms with Gasteiger partial charge in [-0.3, -0.25) is 14.4 Å². The summed E-state index contributed by atoms with van der Waals surface area (Å²) in [4.78, 5) is 40.2. The molecule has 8 heteroatoms. The highest BCUT2D eigenvalue weighted by Crippen LogP contribution is 2.22. The third kappa shape index (κ3) is 9.12. The first-order chi connectivity index (χ1) is 17.5. The molecule has 0 spiro atoms. The van der Waals surface area contributed by atoms with Gasteiger partial charge >= 0.3 is 5.97 Å². The van der Waals surface area contributed by atoms with Gasteiger partial charge in [-0.2, -0.15) is 0 Å². The first kappa shape index (κ1) is 28.0. The minimum absolute atomic E-state index is 0.0780. The summed E-state index contributed by atoms with van der Waals surface area (Å²) in [5.74, 6) is 0.922. The van der Waals surface area contributed by atoms with Crippen LogP contribution in [0.4, 0.5) is 0 Å². The number of ether oxygens (including phenoxy) is 2. The Morgan fingerprint density at radius 2 is 2.00 bits per heavy atom. The van der Waals surface area contributed by atoms with Crippen molar-refractivity contribution in [2.24, 2.45) is 11.8 Å². The Hall–Kier alpha value is -2.61. The van der Waals surface area contributed by atoms with Crippen LogP contribution in [-0.2, 0) is 25.5 Å². The Bertz CT molecular complexity index is 855. The van der Waals surface area contributed by atoms with E-state index in [0.717, 1.165) is 63.1 Å². The van der Waals surface area contributed by atoms with Gasteiger partial charge in [0, 0.05) is 25.6 Å². The molecule has 3 rings (SSSR count). The minimum atomic E-state index is -0.325. The standard InChI is InChI=1S/C28H43N3O5/c1-3-36-27(33)19-24(11-9-22-6-4-8-25(18-22)35-2)30-28(34)23-7-5-17-31(20-23)26(32)12-10-21-13-15-29-16-14-21/h4,6,8,18,21,23-24,29H,3,5,7,9-17,19-20H2,1-2H3,(H,30,34)/t23-,24-/m1/s1. The van der Waals surface area contributed by atoms with E-state index in [9.17, 15) is 14.4 Å². The molecule has 2 amide bonds. The molecule has 36 heavy (non-hydrogen) atoms. The quantitative estimate of drug-likeness (QED) is 0.427. The number of rotatable bonds is 12. The van der Waals surface area contributed by atoms with Crippen molar-refractivity contribution >= 4 is 17.8 Å². The molecule has 0 aliphatic carbocycles. The molecule has 0 saturated carbocycles. The van der Waals surface area contributed by atoms with E-state index in [1.165, 1.54) is 0 Å². The number of piperidine rings is 2. The summed E-state index contributed by atoms with van der Waals surface area (Å²) in [7, 11) is 1.63. The fourth-order valence-corrected chi connectivity index (χ4v) is 5.21. The molecule has 2 N–H and O–H groups in total. The van der Waals surface area contributed by atoms with Crippen LogP contribution in [0.3, 0.4) is 0 Å². The average molecular weight is 502 g/mol. The first-order valence-corrected chi connectivity index (χ1v) is 13.6. The molecule has 2 atom stereocenters. The lowest BCUT2D eigenvalue weighted by molar-refractivity contribution is -0.143. The number of nitrogens with one attached hydrogen (secondary N) is 2. The largest absolute Gasteiger partial charge is 0.497 e. The van der Waals surface area contributed by atoms with Crippen molar-refractivity contribution in [3.8, 4) is 5.75 Å². The van der Waals surface area contributed by atoms with Crippen molar-refractivity contribution < 1.29 is 23.9 Å². The smallest absolute Gasteiger partial charge is 0.307 e. The van der Waals surface area contributed by atoms with E-state index >= 15 is 0 Å². The van der Waals surface area contributed by atoms with Crippen molar-refractivity contribution in [2.45, 2.75) is 70.8 Å². The summed E-state index contributed by atoms with van der Waals surface area (Å²) in [6.07, 6.45) is 6.79. The fraction of sp³-hybridized carbons (Fsp3) is 0.679. The van der Waals surface area contributed by atoms with E-state index in [2.05, 4.69) is 10.6 Å². The van der Waals surface area contributed by atoms with Crippen molar-refractivity contribution in [3.63, 3.8) is 0 Å². The van der Waals surface area contributed by atoms with E-state index in [4.69, 9.17) is 9.47 Å². The van der Waals surface area contributed by atoms with Crippen LogP contribution in [0.5, 0.6) is 5.75 Å². The van der Waals surface area contributed by atoms with Crippen LogP contribution < -0.4 is 15.4 Å². The van der Waals surface area contributed by atoms with Gasteiger partial charge in [-0.25, -0.2) is 0 Å². The predicted molar refractivity (Wildman–Crippen MR) is 139 cm³/mol. The molecule has 1 aromatic carbocycles. The molecular formula is C28H43N3O5. The number of aryl methyl sites for hydroxylation is 1. The second kappa shape index (κ2) is 14.8. The zero-order valence-corrected chi connectivity index (χ0v) is 21.9. The zero-order valence-electron chi connectivity index (χ0n) is 21.9. The minimum Gasteiger partial charge on any atom is -0.497 e. The molecule has 1 aromatic rings. The van der Waals surface area contributed by atoms with E-state index < -0.39 is 0 Å². The summed E-state index contributed by atoms with van der Waals surface area (Å²) in [6.45, 7) is 5.34. The topological polar surface area (TPSA) is 97.0 Å². The maximum absolute atomic E-state index is 13.2. The molecule has 200 valence electrons. The number of amides is 2. The molecule has 0 unspecified atom stereocenters.